The third-order valence-corrected chi connectivity index (χ3v) is 3.41. The molecule has 2 atom stereocenters. The molecule has 0 radical (unpaired) electrons. The van der Waals surface area contributed by atoms with Crippen molar-refractivity contribution in [3.05, 3.63) is 29.3 Å². The first-order chi connectivity index (χ1) is 8.76. The van der Waals surface area contributed by atoms with E-state index in [1.165, 1.54) is 5.56 Å². The molecule has 2 rings (SSSR count). The minimum absolute atomic E-state index is 0.114. The summed E-state index contributed by atoms with van der Waals surface area (Å²) >= 11 is 0. The largest absolute Gasteiger partial charge is 0.493 e. The summed E-state index contributed by atoms with van der Waals surface area (Å²) in [6.07, 6.45) is 1.93. The van der Waals surface area contributed by atoms with Gasteiger partial charge in [0.25, 0.3) is 0 Å². The van der Waals surface area contributed by atoms with Crippen LogP contribution in [-0.4, -0.2) is 20.3 Å². The van der Waals surface area contributed by atoms with Crippen LogP contribution in [-0.2, 0) is 11.2 Å². The van der Waals surface area contributed by atoms with Crippen molar-refractivity contribution in [3.8, 4) is 5.75 Å². The van der Waals surface area contributed by atoms with Gasteiger partial charge in [-0.2, -0.15) is 0 Å². The van der Waals surface area contributed by atoms with E-state index in [1.807, 2.05) is 0 Å². The molecule has 4 nitrogen and oxygen atoms in total. The molecule has 2 unspecified atom stereocenters. The van der Waals surface area contributed by atoms with Crippen LogP contribution in [0.3, 0.4) is 0 Å². The number of methoxy groups -OCH3 is 1. The maximum absolute atomic E-state index is 5.73. The van der Waals surface area contributed by atoms with E-state index in [0.29, 0.717) is 5.92 Å². The Hall–Kier alpha value is -1.10. The van der Waals surface area contributed by atoms with Gasteiger partial charge in [0.05, 0.1) is 6.61 Å². The molecule has 1 aromatic rings. The summed E-state index contributed by atoms with van der Waals surface area (Å²) in [5.74, 6) is 7.17. The van der Waals surface area contributed by atoms with Crippen LogP contribution in [0.1, 0.15) is 30.5 Å². The number of fused-ring (bicyclic) bond motifs is 1. The van der Waals surface area contributed by atoms with Gasteiger partial charge in [-0.1, -0.05) is 25.1 Å². The summed E-state index contributed by atoms with van der Waals surface area (Å²) < 4.78 is 10.9. The van der Waals surface area contributed by atoms with Crippen molar-refractivity contribution >= 4 is 0 Å². The van der Waals surface area contributed by atoms with Crippen LogP contribution < -0.4 is 16.0 Å². The number of hydrogen-bond acceptors (Lipinski definition) is 4. The van der Waals surface area contributed by atoms with E-state index in [2.05, 4.69) is 30.5 Å². The van der Waals surface area contributed by atoms with Crippen LogP contribution in [0.15, 0.2) is 18.2 Å². The lowest BCUT2D eigenvalue weighted by atomic mass is 9.94. The van der Waals surface area contributed by atoms with Crippen molar-refractivity contribution in [2.75, 3.05) is 20.3 Å². The average Bonchev–Trinajstić information content (AvgIpc) is 2.84. The van der Waals surface area contributed by atoms with Gasteiger partial charge in [-0.3, -0.25) is 11.3 Å². The highest BCUT2D eigenvalue weighted by atomic mass is 16.5. The smallest absolute Gasteiger partial charge is 0.127 e. The quantitative estimate of drug-likeness (QED) is 0.597. The third-order valence-electron chi connectivity index (χ3n) is 3.41. The Morgan fingerprint density at radius 1 is 1.50 bits per heavy atom. The van der Waals surface area contributed by atoms with Crippen molar-refractivity contribution < 1.29 is 9.47 Å². The predicted molar refractivity (Wildman–Crippen MR) is 71.4 cm³/mol. The van der Waals surface area contributed by atoms with E-state index in [1.54, 1.807) is 7.11 Å². The number of nitrogens with one attached hydrogen (secondary N) is 1. The summed E-state index contributed by atoms with van der Waals surface area (Å²) in [7, 11) is 1.73. The van der Waals surface area contributed by atoms with Gasteiger partial charge in [-0.15, -0.1) is 0 Å². The Labute approximate surface area is 108 Å². The number of para-hydroxylation sites is 1. The van der Waals surface area contributed by atoms with Crippen molar-refractivity contribution in [3.63, 3.8) is 0 Å². The summed E-state index contributed by atoms with van der Waals surface area (Å²) in [4.78, 5) is 0. The molecule has 1 heterocycles. The van der Waals surface area contributed by atoms with Gasteiger partial charge >= 0.3 is 0 Å². The van der Waals surface area contributed by atoms with E-state index in [9.17, 15) is 0 Å². The Kier molecular flexibility index (Phi) is 4.58. The molecule has 0 saturated heterocycles. The van der Waals surface area contributed by atoms with E-state index in [4.69, 9.17) is 15.3 Å². The number of nitrogens with two attached hydrogens (primary N) is 1. The van der Waals surface area contributed by atoms with E-state index < -0.39 is 0 Å². The number of rotatable bonds is 6. The number of hydrogen-bond donors (Lipinski definition) is 2. The van der Waals surface area contributed by atoms with E-state index in [0.717, 1.165) is 37.4 Å². The van der Waals surface area contributed by atoms with Crippen molar-refractivity contribution in [1.29, 1.82) is 0 Å². The van der Waals surface area contributed by atoms with E-state index in [-0.39, 0.29) is 6.04 Å². The maximum atomic E-state index is 5.73. The lowest BCUT2D eigenvalue weighted by Crippen LogP contribution is -2.30. The molecule has 3 N–H and O–H groups in total. The SMILES string of the molecule is COCC(C)CC(NN)c1cccc2c1OCC2. The average molecular weight is 250 g/mol. The first-order valence-corrected chi connectivity index (χ1v) is 6.46. The fourth-order valence-corrected chi connectivity index (χ4v) is 2.55. The number of ether oxygens (including phenoxy) is 2. The molecule has 1 aliphatic heterocycles. The van der Waals surface area contributed by atoms with Crippen LogP contribution in [0.2, 0.25) is 0 Å². The molecular formula is C14H22N2O2. The zero-order valence-corrected chi connectivity index (χ0v) is 11.1. The van der Waals surface area contributed by atoms with Crippen molar-refractivity contribution in [1.82, 2.24) is 5.43 Å². The normalized spacial score (nSPS) is 17.1. The molecule has 0 spiro atoms. The molecule has 1 aromatic carbocycles. The minimum atomic E-state index is 0.114. The van der Waals surface area contributed by atoms with E-state index >= 15 is 0 Å². The molecule has 0 fully saturated rings. The standard InChI is InChI=1S/C14H22N2O2/c1-10(9-17-2)8-13(16-15)12-5-3-4-11-6-7-18-14(11)12/h3-5,10,13,16H,6-9,15H2,1-2H3. The van der Waals surface area contributed by atoms with Crippen molar-refractivity contribution in [2.45, 2.75) is 25.8 Å². The van der Waals surface area contributed by atoms with Gasteiger partial charge in [0.15, 0.2) is 0 Å². The highest BCUT2D eigenvalue weighted by Crippen LogP contribution is 2.35. The minimum Gasteiger partial charge on any atom is -0.493 e. The topological polar surface area (TPSA) is 56.5 Å². The second-order valence-corrected chi connectivity index (χ2v) is 4.95. The van der Waals surface area contributed by atoms with Gasteiger partial charge in [0, 0.05) is 31.7 Å². The molecule has 100 valence electrons. The van der Waals surface area contributed by atoms with Gasteiger partial charge in [-0.05, 0) is 17.9 Å². The maximum Gasteiger partial charge on any atom is 0.127 e. The first-order valence-electron chi connectivity index (χ1n) is 6.46. The van der Waals surface area contributed by atoms with Gasteiger partial charge in [-0.25, -0.2) is 0 Å². The summed E-state index contributed by atoms with van der Waals surface area (Å²) in [6.45, 7) is 3.68. The van der Waals surface area contributed by atoms with Crippen LogP contribution in [0, 0.1) is 5.92 Å². The Morgan fingerprint density at radius 3 is 3.06 bits per heavy atom. The second kappa shape index (κ2) is 6.18. The fraction of sp³-hybridized carbons (Fsp3) is 0.571. The van der Waals surface area contributed by atoms with Crippen LogP contribution in [0.4, 0.5) is 0 Å². The second-order valence-electron chi connectivity index (χ2n) is 4.95. The van der Waals surface area contributed by atoms with Crippen molar-refractivity contribution in [2.24, 2.45) is 11.8 Å². The monoisotopic (exact) mass is 250 g/mol. The Balaban J connectivity index is 2.15. The Morgan fingerprint density at radius 2 is 2.33 bits per heavy atom. The summed E-state index contributed by atoms with van der Waals surface area (Å²) in [5.41, 5.74) is 5.35. The van der Waals surface area contributed by atoms with Gasteiger partial charge in [0.1, 0.15) is 5.75 Å². The highest BCUT2D eigenvalue weighted by molar-refractivity contribution is 5.45. The number of benzene rings is 1. The Bertz CT molecular complexity index is 395. The molecule has 0 amide bonds. The zero-order chi connectivity index (χ0) is 13.0. The molecule has 4 heteroatoms. The van der Waals surface area contributed by atoms with Gasteiger partial charge in [0.2, 0.25) is 0 Å². The number of hydrazine groups is 1. The molecule has 0 aromatic heterocycles. The predicted octanol–water partition coefficient (Wildman–Crippen LogP) is 1.80. The third kappa shape index (κ3) is 2.83. The first kappa shape index (κ1) is 13.3. The zero-order valence-electron chi connectivity index (χ0n) is 11.1. The fourth-order valence-electron chi connectivity index (χ4n) is 2.55. The van der Waals surface area contributed by atoms with Crippen LogP contribution >= 0.6 is 0 Å². The lowest BCUT2D eigenvalue weighted by molar-refractivity contribution is 0.149. The molecule has 1 aliphatic rings. The molecule has 0 bridgehead atoms. The highest BCUT2D eigenvalue weighted by Gasteiger charge is 2.22. The van der Waals surface area contributed by atoms with Crippen LogP contribution in [0.5, 0.6) is 5.75 Å². The lowest BCUT2D eigenvalue weighted by Gasteiger charge is -2.22. The molecular weight excluding hydrogens is 228 g/mol. The van der Waals surface area contributed by atoms with Gasteiger partial charge < -0.3 is 9.47 Å². The summed E-state index contributed by atoms with van der Waals surface area (Å²) in [5, 5.41) is 0. The molecule has 0 saturated carbocycles. The molecule has 18 heavy (non-hydrogen) atoms. The molecule has 0 aliphatic carbocycles. The van der Waals surface area contributed by atoms with Crippen LogP contribution in [0.25, 0.3) is 0 Å². The summed E-state index contributed by atoms with van der Waals surface area (Å²) in [6, 6.07) is 6.41.